The van der Waals surface area contributed by atoms with Gasteiger partial charge in [0.1, 0.15) is 5.82 Å². The van der Waals surface area contributed by atoms with Gasteiger partial charge in [0.2, 0.25) is 0 Å². The molecular weight excluding hydrogens is 419 g/mol. The van der Waals surface area contributed by atoms with Crippen molar-refractivity contribution in [1.82, 2.24) is 9.88 Å². The molecule has 0 fully saturated rings. The standard InChI is InChI=1S/C24H18ClFN2O3/c25-19-8-3-16(4-9-19)14-28-12-11-17-7-10-20(26)21(22(17)28)23(29)27-13-15-1-5-18(6-2-15)24(30)31/h1-12H,13-14H2,(H,27,29)(H,30,31). The van der Waals surface area contributed by atoms with Gasteiger partial charge in [0.15, 0.2) is 0 Å². The van der Waals surface area contributed by atoms with Crippen molar-refractivity contribution in [2.24, 2.45) is 0 Å². The lowest BCUT2D eigenvalue weighted by Crippen LogP contribution is -2.24. The average molecular weight is 437 g/mol. The first kappa shape index (κ1) is 20.6. The molecule has 5 nitrogen and oxygen atoms in total. The lowest BCUT2D eigenvalue weighted by molar-refractivity contribution is 0.0696. The van der Waals surface area contributed by atoms with Crippen molar-refractivity contribution in [1.29, 1.82) is 0 Å². The molecule has 1 heterocycles. The summed E-state index contributed by atoms with van der Waals surface area (Å²) in [5.74, 6) is -2.17. The number of carbonyl (C=O) groups excluding carboxylic acids is 1. The second kappa shape index (κ2) is 8.62. The van der Waals surface area contributed by atoms with Crippen LogP contribution in [0, 0.1) is 5.82 Å². The highest BCUT2D eigenvalue weighted by atomic mass is 35.5. The molecule has 4 aromatic rings. The number of halogens is 2. The number of benzene rings is 3. The molecule has 156 valence electrons. The molecule has 0 spiro atoms. The minimum atomic E-state index is -1.02. The summed E-state index contributed by atoms with van der Waals surface area (Å²) in [6.45, 7) is 0.605. The zero-order valence-electron chi connectivity index (χ0n) is 16.3. The van der Waals surface area contributed by atoms with Gasteiger partial charge in [0.25, 0.3) is 5.91 Å². The van der Waals surface area contributed by atoms with Crippen molar-refractivity contribution in [3.63, 3.8) is 0 Å². The average Bonchev–Trinajstić information content (AvgIpc) is 3.16. The van der Waals surface area contributed by atoms with Gasteiger partial charge in [0.05, 0.1) is 16.6 Å². The Morgan fingerprint density at radius 1 is 0.935 bits per heavy atom. The number of nitrogens with one attached hydrogen (secondary N) is 1. The maximum absolute atomic E-state index is 14.7. The lowest BCUT2D eigenvalue weighted by atomic mass is 10.1. The number of hydrogen-bond acceptors (Lipinski definition) is 2. The van der Waals surface area contributed by atoms with Gasteiger partial charge in [-0.05, 0) is 53.6 Å². The minimum Gasteiger partial charge on any atom is -0.478 e. The maximum Gasteiger partial charge on any atom is 0.335 e. The number of nitrogens with zero attached hydrogens (tertiary/aromatic N) is 1. The van der Waals surface area contributed by atoms with Gasteiger partial charge in [-0.2, -0.15) is 0 Å². The molecule has 0 unspecified atom stereocenters. The van der Waals surface area contributed by atoms with Crippen molar-refractivity contribution < 1.29 is 19.1 Å². The van der Waals surface area contributed by atoms with Crippen LogP contribution in [0.5, 0.6) is 0 Å². The van der Waals surface area contributed by atoms with Crippen molar-refractivity contribution >= 4 is 34.4 Å². The third kappa shape index (κ3) is 4.44. The number of aromatic carboxylic acids is 1. The van der Waals surface area contributed by atoms with Crippen molar-refractivity contribution in [2.75, 3.05) is 0 Å². The van der Waals surface area contributed by atoms with Crippen molar-refractivity contribution in [3.8, 4) is 0 Å². The van der Waals surface area contributed by atoms with E-state index in [2.05, 4.69) is 5.32 Å². The highest BCUT2D eigenvalue weighted by molar-refractivity contribution is 6.30. The van der Waals surface area contributed by atoms with Gasteiger partial charge in [-0.25, -0.2) is 9.18 Å². The molecule has 7 heteroatoms. The van der Waals surface area contributed by atoms with E-state index in [1.54, 1.807) is 30.3 Å². The van der Waals surface area contributed by atoms with Crippen molar-refractivity contribution in [3.05, 3.63) is 106 Å². The van der Waals surface area contributed by atoms with E-state index in [-0.39, 0.29) is 17.7 Å². The molecule has 2 N–H and O–H groups in total. The SMILES string of the molecule is O=C(O)c1ccc(CNC(=O)c2c(F)ccc3ccn(Cc4ccc(Cl)cc4)c23)cc1. The summed E-state index contributed by atoms with van der Waals surface area (Å²) in [6.07, 6.45) is 1.82. The number of rotatable bonds is 6. The summed E-state index contributed by atoms with van der Waals surface area (Å²) < 4.78 is 16.6. The molecule has 0 aliphatic rings. The van der Waals surface area contributed by atoms with Crippen LogP contribution >= 0.6 is 11.6 Å². The Bertz CT molecular complexity index is 1260. The number of carboxylic acid groups (broad SMARTS) is 1. The largest absolute Gasteiger partial charge is 0.478 e. The molecule has 0 radical (unpaired) electrons. The summed E-state index contributed by atoms with van der Waals surface area (Å²) in [5, 5.41) is 13.1. The molecule has 0 aliphatic heterocycles. The number of amides is 1. The molecule has 1 amide bonds. The fourth-order valence-electron chi connectivity index (χ4n) is 3.44. The smallest absolute Gasteiger partial charge is 0.335 e. The van der Waals surface area contributed by atoms with Crippen LogP contribution in [-0.4, -0.2) is 21.6 Å². The number of carbonyl (C=O) groups is 2. The van der Waals surface area contributed by atoms with Crippen LogP contribution in [0.1, 0.15) is 31.8 Å². The Morgan fingerprint density at radius 3 is 2.29 bits per heavy atom. The normalized spacial score (nSPS) is 10.9. The van der Waals surface area contributed by atoms with E-state index < -0.39 is 17.7 Å². The molecule has 1 aromatic heterocycles. The molecule has 4 rings (SSSR count). The zero-order valence-corrected chi connectivity index (χ0v) is 17.1. The van der Waals surface area contributed by atoms with Gasteiger partial charge in [-0.15, -0.1) is 0 Å². The van der Waals surface area contributed by atoms with Crippen molar-refractivity contribution in [2.45, 2.75) is 13.1 Å². The van der Waals surface area contributed by atoms with E-state index in [1.165, 1.54) is 18.2 Å². The van der Waals surface area contributed by atoms with Gasteiger partial charge < -0.3 is 15.0 Å². The van der Waals surface area contributed by atoms with Crippen LogP contribution in [0.25, 0.3) is 10.9 Å². The maximum atomic E-state index is 14.7. The minimum absolute atomic E-state index is 0.0291. The van der Waals surface area contributed by atoms with Crippen LogP contribution in [0.15, 0.2) is 72.9 Å². The van der Waals surface area contributed by atoms with Gasteiger partial charge in [-0.1, -0.05) is 35.9 Å². The van der Waals surface area contributed by atoms with Crippen LogP contribution < -0.4 is 5.32 Å². The monoisotopic (exact) mass is 436 g/mol. The fraction of sp³-hybridized carbons (Fsp3) is 0.0833. The van der Waals surface area contributed by atoms with Crippen LogP contribution in [0.3, 0.4) is 0 Å². The number of carboxylic acids is 1. The Morgan fingerprint density at radius 2 is 1.61 bits per heavy atom. The third-order valence-electron chi connectivity index (χ3n) is 5.03. The molecule has 0 bridgehead atoms. The third-order valence-corrected chi connectivity index (χ3v) is 5.28. The molecule has 0 atom stereocenters. The predicted octanol–water partition coefficient (Wildman–Crippen LogP) is 5.11. The zero-order chi connectivity index (χ0) is 22.0. The van der Waals surface area contributed by atoms with Crippen LogP contribution in [-0.2, 0) is 13.1 Å². The van der Waals surface area contributed by atoms with E-state index >= 15 is 0 Å². The second-order valence-corrected chi connectivity index (χ2v) is 7.55. The predicted molar refractivity (Wildman–Crippen MR) is 117 cm³/mol. The Kier molecular flexibility index (Phi) is 5.73. The second-order valence-electron chi connectivity index (χ2n) is 7.12. The molecule has 3 aromatic carbocycles. The highest BCUT2D eigenvalue weighted by Gasteiger charge is 2.19. The fourth-order valence-corrected chi connectivity index (χ4v) is 3.57. The van der Waals surface area contributed by atoms with Crippen LogP contribution in [0.4, 0.5) is 4.39 Å². The first-order chi connectivity index (χ1) is 14.9. The van der Waals surface area contributed by atoms with Crippen LogP contribution in [0.2, 0.25) is 5.02 Å². The molecule has 31 heavy (non-hydrogen) atoms. The van der Waals surface area contributed by atoms with Gasteiger partial charge in [-0.3, -0.25) is 4.79 Å². The molecule has 0 saturated carbocycles. The Hall–Kier alpha value is -3.64. The summed E-state index contributed by atoms with van der Waals surface area (Å²) in [4.78, 5) is 23.9. The van der Waals surface area contributed by atoms with Gasteiger partial charge >= 0.3 is 5.97 Å². The van der Waals surface area contributed by atoms with E-state index in [0.29, 0.717) is 22.6 Å². The van der Waals surface area contributed by atoms with Gasteiger partial charge in [0, 0.05) is 29.7 Å². The Balaban J connectivity index is 1.60. The number of hydrogen-bond donors (Lipinski definition) is 2. The van der Waals surface area contributed by atoms with E-state index in [4.69, 9.17) is 16.7 Å². The van der Waals surface area contributed by atoms with E-state index in [0.717, 1.165) is 10.9 Å². The molecular formula is C24H18ClFN2O3. The molecule has 0 saturated heterocycles. The highest BCUT2D eigenvalue weighted by Crippen LogP contribution is 2.25. The van der Waals surface area contributed by atoms with E-state index in [1.807, 2.05) is 29.0 Å². The summed E-state index contributed by atoms with van der Waals surface area (Å²) in [7, 11) is 0. The molecule has 0 aliphatic carbocycles. The quantitative estimate of drug-likeness (QED) is 0.441. The van der Waals surface area contributed by atoms with E-state index in [9.17, 15) is 14.0 Å². The first-order valence-corrected chi connectivity index (χ1v) is 9.92. The summed E-state index contributed by atoms with van der Waals surface area (Å²) in [6, 6.07) is 18.3. The summed E-state index contributed by atoms with van der Waals surface area (Å²) >= 11 is 5.95. The topological polar surface area (TPSA) is 71.3 Å². The Labute approximate surface area is 182 Å². The summed E-state index contributed by atoms with van der Waals surface area (Å²) in [5.41, 5.74) is 2.32. The lowest BCUT2D eigenvalue weighted by Gasteiger charge is -2.12. The number of aromatic nitrogens is 1. The number of fused-ring (bicyclic) bond motifs is 1. The first-order valence-electron chi connectivity index (χ1n) is 9.54.